The second-order valence-electron chi connectivity index (χ2n) is 9.67. The van der Waals surface area contributed by atoms with Crippen LogP contribution in [0.4, 0.5) is 0 Å². The van der Waals surface area contributed by atoms with Crippen LogP contribution in [0.5, 0.6) is 0 Å². The third kappa shape index (κ3) is 4.33. The Morgan fingerprint density at radius 3 is 2.00 bits per heavy atom. The van der Waals surface area contributed by atoms with E-state index in [1.165, 1.54) is 33.0 Å². The highest BCUT2D eigenvalue weighted by Gasteiger charge is 2.37. The van der Waals surface area contributed by atoms with Crippen LogP contribution in [-0.2, 0) is 6.42 Å². The first kappa shape index (κ1) is 21.1. The molecule has 1 aliphatic rings. The van der Waals surface area contributed by atoms with Crippen molar-refractivity contribution in [2.24, 2.45) is 0 Å². The predicted molar refractivity (Wildman–Crippen MR) is 129 cm³/mol. The summed E-state index contributed by atoms with van der Waals surface area (Å²) in [5.74, 6) is 0. The van der Waals surface area contributed by atoms with Crippen LogP contribution in [0.15, 0.2) is 65.3 Å². The van der Waals surface area contributed by atoms with Crippen LogP contribution in [0, 0.1) is 13.8 Å². The molecule has 0 bridgehead atoms. The summed E-state index contributed by atoms with van der Waals surface area (Å²) in [6.45, 7) is 18.7. The Bertz CT molecular complexity index is 939. The van der Waals surface area contributed by atoms with Gasteiger partial charge in [0.1, 0.15) is 0 Å². The molecule has 0 aromatic heterocycles. The molecule has 1 atom stereocenters. The van der Waals surface area contributed by atoms with E-state index in [4.69, 9.17) is 0 Å². The first-order chi connectivity index (χ1) is 13.0. The van der Waals surface area contributed by atoms with E-state index in [0.29, 0.717) is 0 Å². The Morgan fingerprint density at radius 2 is 1.46 bits per heavy atom. The van der Waals surface area contributed by atoms with Crippen LogP contribution in [0.3, 0.4) is 0 Å². The molecule has 146 valence electrons. The van der Waals surface area contributed by atoms with Gasteiger partial charge in [-0.15, -0.1) is 0 Å². The fourth-order valence-electron chi connectivity index (χ4n) is 4.15. The normalized spacial score (nSPS) is 19.9. The number of rotatable bonds is 5. The molecule has 0 spiro atoms. The van der Waals surface area contributed by atoms with Gasteiger partial charge in [-0.3, -0.25) is 0 Å². The highest BCUT2D eigenvalue weighted by atomic mass is 28.3. The number of allylic oxidation sites excluding steroid dienone is 4. The molecule has 0 saturated heterocycles. The molecule has 3 rings (SSSR count). The van der Waals surface area contributed by atoms with Crippen molar-refractivity contribution in [3.8, 4) is 0 Å². The minimum Gasteiger partial charge on any atom is -0.0736 e. The van der Waals surface area contributed by atoms with E-state index >= 15 is 0 Å². The molecule has 0 heterocycles. The maximum Gasteiger partial charge on any atom is 0.0984 e. The number of hydrogen-bond acceptors (Lipinski definition) is 0. The molecule has 0 N–H and O–H groups in total. The van der Waals surface area contributed by atoms with E-state index in [9.17, 15) is 0 Å². The Balaban J connectivity index is 2.05. The lowest BCUT2D eigenvalue weighted by atomic mass is 9.92. The topological polar surface area (TPSA) is 0 Å². The van der Waals surface area contributed by atoms with Crippen LogP contribution in [-0.4, -0.2) is 17.6 Å². The zero-order valence-corrected chi connectivity index (χ0v) is 20.8. The summed E-state index contributed by atoms with van der Waals surface area (Å²) < 4.78 is 0. The summed E-state index contributed by atoms with van der Waals surface area (Å²) in [5.41, 5.74) is 8.67. The molecular formula is C26H34Si2. The maximum atomic E-state index is 2.56. The standard InChI is InChI=1S/C26H34Si2/c1-18-9-11-23(12-10-18)17-26(16-20(3)21(4)22(26)5)27-24-13-19(2)14-25(15-24)28(6,7)8/h9-16H,17H2,1-8H3. The van der Waals surface area contributed by atoms with Gasteiger partial charge in [0, 0.05) is 5.04 Å². The molecule has 0 saturated carbocycles. The van der Waals surface area contributed by atoms with E-state index in [1.54, 1.807) is 10.8 Å². The van der Waals surface area contributed by atoms with Crippen LogP contribution < -0.4 is 10.4 Å². The molecule has 0 fully saturated rings. The van der Waals surface area contributed by atoms with Crippen molar-refractivity contribution in [2.45, 2.75) is 65.7 Å². The molecule has 1 aliphatic carbocycles. The van der Waals surface area contributed by atoms with Gasteiger partial charge in [0.25, 0.3) is 0 Å². The van der Waals surface area contributed by atoms with Gasteiger partial charge < -0.3 is 0 Å². The average molecular weight is 403 g/mol. The van der Waals surface area contributed by atoms with E-state index in [0.717, 1.165) is 15.9 Å². The maximum absolute atomic E-state index is 2.56. The van der Waals surface area contributed by atoms with E-state index in [-0.39, 0.29) is 5.04 Å². The lowest BCUT2D eigenvalue weighted by molar-refractivity contribution is 0.780. The van der Waals surface area contributed by atoms with Crippen LogP contribution >= 0.6 is 0 Å². The molecule has 0 amide bonds. The molecule has 2 heteroatoms. The first-order valence-corrected chi connectivity index (χ1v) is 14.8. The quantitative estimate of drug-likeness (QED) is 0.548. The minimum atomic E-state index is -1.32. The number of hydrogen-bond donors (Lipinski definition) is 0. The van der Waals surface area contributed by atoms with E-state index < -0.39 is 8.07 Å². The van der Waals surface area contributed by atoms with Crippen molar-refractivity contribution in [1.29, 1.82) is 0 Å². The summed E-state index contributed by atoms with van der Waals surface area (Å²) in [7, 11) is -0.560. The summed E-state index contributed by atoms with van der Waals surface area (Å²) in [6.07, 6.45) is 3.65. The highest BCUT2D eigenvalue weighted by Crippen LogP contribution is 2.48. The molecule has 2 aromatic rings. The van der Waals surface area contributed by atoms with Gasteiger partial charge >= 0.3 is 0 Å². The predicted octanol–water partition coefficient (Wildman–Crippen LogP) is 5.88. The third-order valence-corrected chi connectivity index (χ3v) is 9.94. The highest BCUT2D eigenvalue weighted by molar-refractivity contribution is 6.89. The van der Waals surface area contributed by atoms with Crippen molar-refractivity contribution in [1.82, 2.24) is 0 Å². The van der Waals surface area contributed by atoms with Crippen molar-refractivity contribution in [3.63, 3.8) is 0 Å². The van der Waals surface area contributed by atoms with Gasteiger partial charge in [-0.1, -0.05) is 101 Å². The van der Waals surface area contributed by atoms with Crippen molar-refractivity contribution in [2.75, 3.05) is 0 Å². The number of aryl methyl sites for hydroxylation is 2. The summed E-state index contributed by atoms with van der Waals surface area (Å²) in [4.78, 5) is 0. The zero-order valence-electron chi connectivity index (χ0n) is 18.8. The third-order valence-electron chi connectivity index (χ3n) is 6.20. The van der Waals surface area contributed by atoms with Gasteiger partial charge in [-0.05, 0) is 52.2 Å². The second-order valence-corrected chi connectivity index (χ2v) is 16.5. The summed E-state index contributed by atoms with van der Waals surface area (Å²) in [6, 6.07) is 16.5. The van der Waals surface area contributed by atoms with Crippen molar-refractivity contribution < 1.29 is 0 Å². The Labute approximate surface area is 175 Å². The Morgan fingerprint density at radius 1 is 0.821 bits per heavy atom. The van der Waals surface area contributed by atoms with Gasteiger partial charge in [0.05, 0.1) is 17.6 Å². The fraction of sp³-hybridized carbons (Fsp3) is 0.385. The monoisotopic (exact) mass is 402 g/mol. The van der Waals surface area contributed by atoms with Gasteiger partial charge in [-0.25, -0.2) is 0 Å². The molecule has 28 heavy (non-hydrogen) atoms. The Kier molecular flexibility index (Phi) is 5.75. The van der Waals surface area contributed by atoms with E-state index in [2.05, 4.69) is 103 Å². The zero-order chi connectivity index (χ0) is 20.7. The molecule has 2 aromatic carbocycles. The van der Waals surface area contributed by atoms with E-state index in [1.807, 2.05) is 0 Å². The smallest absolute Gasteiger partial charge is 0.0736 e. The molecular weight excluding hydrogens is 368 g/mol. The lowest BCUT2D eigenvalue weighted by Gasteiger charge is -2.31. The Hall–Kier alpha value is -1.65. The summed E-state index contributed by atoms with van der Waals surface area (Å²) in [5, 5.41) is 3.22. The van der Waals surface area contributed by atoms with Crippen molar-refractivity contribution in [3.05, 3.63) is 82.0 Å². The second kappa shape index (κ2) is 7.64. The average Bonchev–Trinajstić information content (AvgIpc) is 2.80. The number of benzene rings is 2. The fourth-order valence-corrected chi connectivity index (χ4v) is 7.54. The van der Waals surface area contributed by atoms with Gasteiger partial charge in [0.15, 0.2) is 0 Å². The van der Waals surface area contributed by atoms with Crippen LogP contribution in [0.2, 0.25) is 24.7 Å². The first-order valence-electron chi connectivity index (χ1n) is 10.3. The molecule has 0 aliphatic heterocycles. The lowest BCUT2D eigenvalue weighted by Crippen LogP contribution is -2.41. The van der Waals surface area contributed by atoms with Crippen LogP contribution in [0.1, 0.15) is 37.5 Å². The van der Waals surface area contributed by atoms with Crippen LogP contribution in [0.25, 0.3) is 0 Å². The van der Waals surface area contributed by atoms with Crippen molar-refractivity contribution >= 4 is 28.0 Å². The SMILES string of the molecule is CC1=CC(Cc2ccc(C)cc2)([Si]c2cc(C)cc([Si](C)(C)C)c2)C(C)=C1C. The minimum absolute atomic E-state index is 0.119. The molecule has 2 radical (unpaired) electrons. The summed E-state index contributed by atoms with van der Waals surface area (Å²) >= 11 is 0. The van der Waals surface area contributed by atoms with Gasteiger partial charge in [-0.2, -0.15) is 0 Å². The molecule has 1 unspecified atom stereocenters. The van der Waals surface area contributed by atoms with Gasteiger partial charge in [0.2, 0.25) is 0 Å². The largest absolute Gasteiger partial charge is 0.0984 e. The molecule has 0 nitrogen and oxygen atoms in total.